The molecule has 134 valence electrons. The third kappa shape index (κ3) is 3.50. The Morgan fingerprint density at radius 3 is 2.54 bits per heavy atom. The molecule has 3 aromatic rings. The minimum atomic E-state index is -0.238. The molecule has 1 amide bonds. The molecule has 0 N–H and O–H groups in total. The Bertz CT molecular complexity index is 939. The zero-order valence-electron chi connectivity index (χ0n) is 14.6. The van der Waals surface area contributed by atoms with Crippen molar-refractivity contribution in [3.05, 3.63) is 65.4 Å². The topological polar surface area (TPSA) is 56.6 Å². The molecule has 0 aliphatic rings. The van der Waals surface area contributed by atoms with E-state index in [1.807, 2.05) is 12.1 Å². The van der Waals surface area contributed by atoms with Crippen molar-refractivity contribution in [2.24, 2.45) is 0 Å². The van der Waals surface area contributed by atoms with Gasteiger partial charge in [0.15, 0.2) is 17.2 Å². The summed E-state index contributed by atoms with van der Waals surface area (Å²) in [7, 11) is 4.80. The van der Waals surface area contributed by atoms with Gasteiger partial charge in [0.2, 0.25) is 0 Å². The zero-order valence-corrected chi connectivity index (χ0v) is 15.4. The van der Waals surface area contributed by atoms with Crippen LogP contribution in [0.2, 0.25) is 5.02 Å². The molecule has 0 spiro atoms. The molecule has 0 saturated heterocycles. The van der Waals surface area contributed by atoms with Crippen LogP contribution in [0.1, 0.15) is 10.5 Å². The lowest BCUT2D eigenvalue weighted by Gasteiger charge is -2.18. The Kier molecular flexibility index (Phi) is 5.14. The molecule has 1 aromatic heterocycles. The van der Waals surface area contributed by atoms with Gasteiger partial charge in [-0.25, -0.2) is 4.68 Å². The Balaban J connectivity index is 1.85. The van der Waals surface area contributed by atoms with Crippen molar-refractivity contribution in [2.75, 3.05) is 26.2 Å². The fourth-order valence-electron chi connectivity index (χ4n) is 2.52. The van der Waals surface area contributed by atoms with Gasteiger partial charge in [-0.2, -0.15) is 5.10 Å². The number of carbonyl (C=O) groups is 1. The first-order valence-corrected chi connectivity index (χ1v) is 8.23. The van der Waals surface area contributed by atoms with Crippen LogP contribution in [0, 0.1) is 0 Å². The highest BCUT2D eigenvalue weighted by atomic mass is 35.5. The smallest absolute Gasteiger partial charge is 0.278 e. The number of nitrogens with zero attached hydrogens (tertiary/aromatic N) is 3. The molecular weight excluding hydrogens is 354 g/mol. The molecule has 0 fully saturated rings. The van der Waals surface area contributed by atoms with E-state index >= 15 is 0 Å². The lowest BCUT2D eigenvalue weighted by molar-refractivity contribution is 0.0988. The van der Waals surface area contributed by atoms with E-state index in [0.29, 0.717) is 27.9 Å². The number of ether oxygens (including phenoxy) is 2. The third-order valence-corrected chi connectivity index (χ3v) is 4.18. The van der Waals surface area contributed by atoms with Gasteiger partial charge in [0.05, 0.1) is 19.9 Å². The largest absolute Gasteiger partial charge is 0.493 e. The van der Waals surface area contributed by atoms with Crippen molar-refractivity contribution in [2.45, 2.75) is 0 Å². The monoisotopic (exact) mass is 371 g/mol. The highest BCUT2D eigenvalue weighted by Gasteiger charge is 2.18. The van der Waals surface area contributed by atoms with E-state index < -0.39 is 0 Å². The summed E-state index contributed by atoms with van der Waals surface area (Å²) in [6.07, 6.45) is 1.72. The molecule has 0 unspecified atom stereocenters. The average Bonchev–Trinajstić information content (AvgIpc) is 3.16. The van der Waals surface area contributed by atoms with Gasteiger partial charge in [0.25, 0.3) is 5.91 Å². The number of hydrogen-bond donors (Lipinski definition) is 0. The quantitative estimate of drug-likeness (QED) is 0.684. The van der Waals surface area contributed by atoms with E-state index in [-0.39, 0.29) is 5.91 Å². The molecule has 0 aliphatic carbocycles. The lowest BCUT2D eigenvalue weighted by atomic mass is 10.2. The van der Waals surface area contributed by atoms with E-state index in [0.717, 1.165) is 5.69 Å². The maximum absolute atomic E-state index is 12.8. The summed E-state index contributed by atoms with van der Waals surface area (Å²) in [5, 5.41) is 4.96. The SMILES string of the molecule is COc1ccc(N(C)C(=O)c2ccn(-c3cccc(Cl)c3)n2)cc1OC. The molecule has 2 aromatic carbocycles. The molecule has 0 atom stereocenters. The van der Waals surface area contributed by atoms with E-state index in [1.54, 1.807) is 68.5 Å². The number of aromatic nitrogens is 2. The Labute approximate surface area is 156 Å². The summed E-state index contributed by atoms with van der Waals surface area (Å²) < 4.78 is 12.1. The van der Waals surface area contributed by atoms with Crippen LogP contribution in [0.25, 0.3) is 5.69 Å². The maximum Gasteiger partial charge on any atom is 0.278 e. The van der Waals surface area contributed by atoms with Crippen LogP contribution in [0.5, 0.6) is 11.5 Å². The summed E-state index contributed by atoms with van der Waals surface area (Å²) in [5.74, 6) is 0.912. The van der Waals surface area contributed by atoms with Gasteiger partial charge < -0.3 is 14.4 Å². The molecule has 6 nitrogen and oxygen atoms in total. The van der Waals surface area contributed by atoms with Gasteiger partial charge >= 0.3 is 0 Å². The van der Waals surface area contributed by atoms with E-state index in [9.17, 15) is 4.79 Å². The second-order valence-electron chi connectivity index (χ2n) is 5.53. The number of anilines is 1. The number of carbonyl (C=O) groups excluding carboxylic acids is 1. The standard InChI is InChI=1S/C19H18ClN3O3/c1-22(14-7-8-17(25-2)18(12-14)26-3)19(24)16-9-10-23(21-16)15-6-4-5-13(20)11-15/h4-12H,1-3H3. The van der Waals surface area contributed by atoms with Gasteiger partial charge in [-0.05, 0) is 36.4 Å². The van der Waals surface area contributed by atoms with Gasteiger partial charge in [0.1, 0.15) is 0 Å². The molecule has 0 radical (unpaired) electrons. The van der Waals surface area contributed by atoms with Gasteiger partial charge in [0, 0.05) is 30.0 Å². The van der Waals surface area contributed by atoms with Gasteiger partial charge in [-0.3, -0.25) is 4.79 Å². The highest BCUT2D eigenvalue weighted by Crippen LogP contribution is 2.31. The summed E-state index contributed by atoms with van der Waals surface area (Å²) in [6, 6.07) is 14.2. The number of halogens is 1. The van der Waals surface area contributed by atoms with Crippen molar-refractivity contribution in [3.63, 3.8) is 0 Å². The van der Waals surface area contributed by atoms with Crippen LogP contribution in [0.3, 0.4) is 0 Å². The molecule has 3 rings (SSSR count). The number of methoxy groups -OCH3 is 2. The maximum atomic E-state index is 12.8. The predicted molar refractivity (Wildman–Crippen MR) is 101 cm³/mol. The van der Waals surface area contributed by atoms with Gasteiger partial charge in [-0.1, -0.05) is 17.7 Å². The Morgan fingerprint density at radius 2 is 1.85 bits per heavy atom. The van der Waals surface area contributed by atoms with Crippen molar-refractivity contribution in [1.29, 1.82) is 0 Å². The number of amides is 1. The van der Waals surface area contributed by atoms with Crippen molar-refractivity contribution in [3.8, 4) is 17.2 Å². The van der Waals surface area contributed by atoms with E-state index in [2.05, 4.69) is 5.10 Å². The first-order chi connectivity index (χ1) is 12.5. The molecule has 26 heavy (non-hydrogen) atoms. The second-order valence-corrected chi connectivity index (χ2v) is 5.97. The lowest BCUT2D eigenvalue weighted by Crippen LogP contribution is -2.26. The normalized spacial score (nSPS) is 10.5. The number of benzene rings is 2. The molecule has 0 saturated carbocycles. The Morgan fingerprint density at radius 1 is 1.08 bits per heavy atom. The van der Waals surface area contributed by atoms with Crippen LogP contribution >= 0.6 is 11.6 Å². The van der Waals surface area contributed by atoms with E-state index in [4.69, 9.17) is 21.1 Å². The van der Waals surface area contributed by atoms with Crippen LogP contribution in [0.4, 0.5) is 5.69 Å². The van der Waals surface area contributed by atoms with Crippen molar-refractivity contribution in [1.82, 2.24) is 9.78 Å². The predicted octanol–water partition coefficient (Wildman–Crippen LogP) is 3.82. The third-order valence-electron chi connectivity index (χ3n) is 3.94. The molecular formula is C19H18ClN3O3. The molecule has 0 aliphatic heterocycles. The number of hydrogen-bond acceptors (Lipinski definition) is 4. The van der Waals surface area contributed by atoms with Crippen LogP contribution < -0.4 is 14.4 Å². The van der Waals surface area contributed by atoms with Crippen LogP contribution in [-0.2, 0) is 0 Å². The molecule has 1 heterocycles. The van der Waals surface area contributed by atoms with Gasteiger partial charge in [-0.15, -0.1) is 0 Å². The second kappa shape index (κ2) is 7.49. The molecule has 0 bridgehead atoms. The number of rotatable bonds is 5. The fourth-order valence-corrected chi connectivity index (χ4v) is 2.71. The summed E-state index contributed by atoms with van der Waals surface area (Å²) in [6.45, 7) is 0. The minimum Gasteiger partial charge on any atom is -0.493 e. The first-order valence-electron chi connectivity index (χ1n) is 7.85. The average molecular weight is 372 g/mol. The van der Waals surface area contributed by atoms with Crippen LogP contribution in [0.15, 0.2) is 54.7 Å². The first kappa shape index (κ1) is 17.8. The van der Waals surface area contributed by atoms with Crippen molar-refractivity contribution >= 4 is 23.2 Å². The summed E-state index contributed by atoms with van der Waals surface area (Å²) in [4.78, 5) is 14.3. The summed E-state index contributed by atoms with van der Waals surface area (Å²) in [5.41, 5.74) is 1.78. The van der Waals surface area contributed by atoms with Crippen molar-refractivity contribution < 1.29 is 14.3 Å². The molecule has 7 heteroatoms. The Hall–Kier alpha value is -2.99. The summed E-state index contributed by atoms with van der Waals surface area (Å²) >= 11 is 6.01. The van der Waals surface area contributed by atoms with E-state index in [1.165, 1.54) is 4.90 Å². The minimum absolute atomic E-state index is 0.238. The highest BCUT2D eigenvalue weighted by molar-refractivity contribution is 6.30. The zero-order chi connectivity index (χ0) is 18.7. The van der Waals surface area contributed by atoms with Crippen LogP contribution in [-0.4, -0.2) is 37.0 Å². The fraction of sp³-hybridized carbons (Fsp3) is 0.158.